The van der Waals surface area contributed by atoms with Gasteiger partial charge in [-0.1, -0.05) is 46.5 Å². The fourth-order valence-corrected chi connectivity index (χ4v) is 6.30. The molecule has 0 aromatic carbocycles. The van der Waals surface area contributed by atoms with Crippen LogP contribution in [0.1, 0.15) is 76.1 Å². The lowest BCUT2D eigenvalue weighted by Gasteiger charge is -2.64. The fourth-order valence-electron chi connectivity index (χ4n) is 6.30. The van der Waals surface area contributed by atoms with Gasteiger partial charge in [-0.2, -0.15) is 0 Å². The first-order valence-corrected chi connectivity index (χ1v) is 11.8. The van der Waals surface area contributed by atoms with E-state index in [0.717, 1.165) is 31.7 Å². The van der Waals surface area contributed by atoms with Crippen molar-refractivity contribution >= 4 is 17.8 Å². The van der Waals surface area contributed by atoms with Crippen molar-refractivity contribution in [2.75, 3.05) is 18.6 Å². The average molecular weight is 429 g/mol. The molecule has 4 atom stereocenters. The number of hydrogen-bond acceptors (Lipinski definition) is 6. The van der Waals surface area contributed by atoms with Gasteiger partial charge in [-0.05, 0) is 25.2 Å². The minimum atomic E-state index is -0.429. The summed E-state index contributed by atoms with van der Waals surface area (Å²) in [6.45, 7) is 7.45. The monoisotopic (exact) mass is 428 g/mol. The van der Waals surface area contributed by atoms with Gasteiger partial charge in [-0.15, -0.1) is 0 Å². The van der Waals surface area contributed by atoms with Crippen LogP contribution in [0.25, 0.3) is 0 Å². The van der Waals surface area contributed by atoms with Gasteiger partial charge in [0.25, 0.3) is 0 Å². The molecule has 2 saturated carbocycles. The molecule has 2 heterocycles. The third-order valence-electron chi connectivity index (χ3n) is 7.89. The number of hydrogen-bond donors (Lipinski definition) is 1. The van der Waals surface area contributed by atoms with Crippen molar-refractivity contribution in [3.8, 4) is 0 Å². The van der Waals surface area contributed by atoms with Crippen LogP contribution in [0, 0.1) is 23.2 Å². The van der Waals surface area contributed by atoms with E-state index >= 15 is 0 Å². The molecule has 1 aromatic rings. The van der Waals surface area contributed by atoms with Gasteiger partial charge < -0.3 is 15.0 Å². The van der Waals surface area contributed by atoms with Gasteiger partial charge in [0.15, 0.2) is 0 Å². The second-order valence-electron chi connectivity index (χ2n) is 10.3. The van der Waals surface area contributed by atoms with E-state index in [-0.39, 0.29) is 29.3 Å². The Balaban J connectivity index is 1.42. The van der Waals surface area contributed by atoms with Crippen molar-refractivity contribution in [3.05, 3.63) is 18.0 Å². The largest absolute Gasteiger partial charge is 0.465 e. The number of anilines is 1. The molecule has 1 saturated heterocycles. The van der Waals surface area contributed by atoms with Crippen molar-refractivity contribution < 1.29 is 14.3 Å². The zero-order valence-electron chi connectivity index (χ0n) is 19.3. The van der Waals surface area contributed by atoms with E-state index in [2.05, 4.69) is 41.0 Å². The van der Waals surface area contributed by atoms with Crippen molar-refractivity contribution in [1.82, 2.24) is 15.3 Å². The van der Waals surface area contributed by atoms with Crippen LogP contribution in [-0.2, 0) is 9.53 Å². The smallest absolute Gasteiger partial charge is 0.341 e. The predicted octanol–water partition coefficient (Wildman–Crippen LogP) is 3.59. The molecule has 1 amide bonds. The summed E-state index contributed by atoms with van der Waals surface area (Å²) in [5.41, 5.74) is 0.284. The number of piperidine rings is 1. The van der Waals surface area contributed by atoms with Crippen LogP contribution in [-0.4, -0.2) is 47.6 Å². The minimum Gasteiger partial charge on any atom is -0.465 e. The molecule has 1 aliphatic heterocycles. The number of esters is 1. The maximum atomic E-state index is 13.0. The standard InChI is InChI=1S/C24H36N4O3/c1-15(12-16-8-5-6-9-16)21(29)27-19-18-10-7-11-28(20(18)24(19,2)3)23-25-13-17(14-26-23)22(30)31-4/h13-16,18-20H,5-12H2,1-4H3,(H,27,29). The van der Waals surface area contributed by atoms with E-state index in [0.29, 0.717) is 17.4 Å². The third kappa shape index (κ3) is 4.15. The average Bonchev–Trinajstić information content (AvgIpc) is 3.29. The maximum Gasteiger partial charge on any atom is 0.341 e. The summed E-state index contributed by atoms with van der Waals surface area (Å²) in [4.78, 5) is 35.8. The summed E-state index contributed by atoms with van der Waals surface area (Å²) in [7, 11) is 1.35. The van der Waals surface area contributed by atoms with E-state index in [1.165, 1.54) is 45.2 Å². The van der Waals surface area contributed by atoms with Gasteiger partial charge in [0.05, 0.1) is 12.7 Å². The Bertz CT molecular complexity index is 804. The van der Waals surface area contributed by atoms with Crippen LogP contribution in [0.4, 0.5) is 5.95 Å². The molecule has 1 N–H and O–H groups in total. The molecule has 31 heavy (non-hydrogen) atoms. The Hall–Kier alpha value is -2.18. The number of methoxy groups -OCH3 is 1. The van der Waals surface area contributed by atoms with E-state index < -0.39 is 5.97 Å². The van der Waals surface area contributed by atoms with Crippen LogP contribution < -0.4 is 10.2 Å². The zero-order valence-corrected chi connectivity index (χ0v) is 19.3. The van der Waals surface area contributed by atoms with Gasteiger partial charge in [-0.3, -0.25) is 4.79 Å². The zero-order chi connectivity index (χ0) is 22.2. The molecule has 170 valence electrons. The van der Waals surface area contributed by atoms with Crippen LogP contribution in [0.15, 0.2) is 12.4 Å². The molecule has 1 aromatic heterocycles. The highest BCUT2D eigenvalue weighted by Crippen LogP contribution is 2.53. The molecule has 0 radical (unpaired) electrons. The van der Waals surface area contributed by atoms with Gasteiger partial charge >= 0.3 is 5.97 Å². The number of aromatic nitrogens is 2. The highest BCUT2D eigenvalue weighted by molar-refractivity contribution is 5.88. The molecule has 4 unspecified atom stereocenters. The Morgan fingerprint density at radius 3 is 2.52 bits per heavy atom. The third-order valence-corrected chi connectivity index (χ3v) is 7.89. The number of carbonyl (C=O) groups excluding carboxylic acids is 2. The summed E-state index contributed by atoms with van der Waals surface area (Å²) in [5, 5.41) is 3.42. The molecule has 7 heteroatoms. The summed E-state index contributed by atoms with van der Waals surface area (Å²) in [6, 6.07) is 0.453. The lowest BCUT2D eigenvalue weighted by Crippen LogP contribution is -2.75. The lowest BCUT2D eigenvalue weighted by molar-refractivity contribution is -0.131. The predicted molar refractivity (Wildman–Crippen MR) is 119 cm³/mol. The summed E-state index contributed by atoms with van der Waals surface area (Å²) >= 11 is 0. The van der Waals surface area contributed by atoms with Crippen LogP contribution in [0.5, 0.6) is 0 Å². The number of amides is 1. The number of rotatable bonds is 6. The number of nitrogens with zero attached hydrogens (tertiary/aromatic N) is 3. The fraction of sp³-hybridized carbons (Fsp3) is 0.750. The number of fused-ring (bicyclic) bond motifs is 1. The summed E-state index contributed by atoms with van der Waals surface area (Å²) in [5.74, 6) is 1.62. The molecule has 2 aliphatic carbocycles. The van der Waals surface area contributed by atoms with Crippen molar-refractivity contribution in [3.63, 3.8) is 0 Å². The number of carbonyl (C=O) groups is 2. The second-order valence-corrected chi connectivity index (χ2v) is 10.3. The quantitative estimate of drug-likeness (QED) is 0.697. The van der Waals surface area contributed by atoms with E-state index in [1.54, 1.807) is 0 Å². The van der Waals surface area contributed by atoms with Gasteiger partial charge in [-0.25, -0.2) is 14.8 Å². The summed E-state index contributed by atoms with van der Waals surface area (Å²) in [6.07, 6.45) is 11.4. The Morgan fingerprint density at radius 2 is 1.87 bits per heavy atom. The molecule has 3 fully saturated rings. The van der Waals surface area contributed by atoms with Crippen molar-refractivity contribution in [1.29, 1.82) is 0 Å². The van der Waals surface area contributed by atoms with Gasteiger partial charge in [0.1, 0.15) is 0 Å². The second kappa shape index (κ2) is 8.75. The molecule has 4 rings (SSSR count). The Labute approximate surface area is 185 Å². The first kappa shape index (κ1) is 22.0. The van der Waals surface area contributed by atoms with E-state index in [9.17, 15) is 9.59 Å². The maximum absolute atomic E-state index is 13.0. The molecular formula is C24H36N4O3. The van der Waals surface area contributed by atoms with Crippen LogP contribution in [0.2, 0.25) is 0 Å². The lowest BCUT2D eigenvalue weighted by atomic mass is 9.52. The van der Waals surface area contributed by atoms with E-state index in [4.69, 9.17) is 4.74 Å². The van der Waals surface area contributed by atoms with Crippen molar-refractivity contribution in [2.24, 2.45) is 23.2 Å². The van der Waals surface area contributed by atoms with Crippen LogP contribution in [0.3, 0.4) is 0 Å². The SMILES string of the molecule is COC(=O)c1cnc(N2CCCC3C(NC(=O)C(C)CC4CCCC4)C(C)(C)C32)nc1. The first-order chi connectivity index (χ1) is 14.8. The highest BCUT2D eigenvalue weighted by Gasteiger charge is 2.60. The topological polar surface area (TPSA) is 84.4 Å². The summed E-state index contributed by atoms with van der Waals surface area (Å²) < 4.78 is 4.74. The molecule has 0 spiro atoms. The normalized spacial score (nSPS) is 28.4. The number of nitrogens with one attached hydrogen (secondary N) is 1. The minimum absolute atomic E-state index is 0.0712. The van der Waals surface area contributed by atoms with Gasteiger partial charge in [0, 0.05) is 48.3 Å². The Kier molecular flexibility index (Phi) is 6.22. The molecular weight excluding hydrogens is 392 g/mol. The highest BCUT2D eigenvalue weighted by atomic mass is 16.5. The Morgan fingerprint density at radius 1 is 1.19 bits per heavy atom. The van der Waals surface area contributed by atoms with Gasteiger partial charge in [0.2, 0.25) is 11.9 Å². The van der Waals surface area contributed by atoms with E-state index in [1.807, 2.05) is 0 Å². The van der Waals surface area contributed by atoms with Crippen molar-refractivity contribution in [2.45, 2.75) is 77.8 Å². The first-order valence-electron chi connectivity index (χ1n) is 11.8. The number of ether oxygens (including phenoxy) is 1. The van der Waals surface area contributed by atoms with Crippen LogP contribution >= 0.6 is 0 Å². The molecule has 3 aliphatic rings. The molecule has 0 bridgehead atoms. The molecule has 7 nitrogen and oxygen atoms in total.